The number of methoxy groups -OCH3 is 2. The van der Waals surface area contributed by atoms with E-state index in [1.807, 2.05) is 61.5 Å². The first-order chi connectivity index (χ1) is 15.7. The fourth-order valence-corrected chi connectivity index (χ4v) is 4.23. The third kappa shape index (κ3) is 3.52. The summed E-state index contributed by atoms with van der Waals surface area (Å²) in [5, 5.41) is 2.13. The van der Waals surface area contributed by atoms with Crippen molar-refractivity contribution in [3.63, 3.8) is 0 Å². The first-order valence-corrected chi connectivity index (χ1v) is 10.7. The molecule has 164 valence electrons. The van der Waals surface area contributed by atoms with E-state index >= 15 is 0 Å². The van der Waals surface area contributed by atoms with E-state index in [0.717, 1.165) is 45.4 Å². The van der Waals surface area contributed by atoms with Crippen molar-refractivity contribution in [2.45, 2.75) is 19.2 Å². The SMILES string of the molecule is CCOc1cccc2c1OC(c1cccc(OC)c1)N1NC(c3cccc(OC)c3)=CC21. The second-order valence-corrected chi connectivity index (χ2v) is 7.63. The molecule has 0 fully saturated rings. The third-order valence-electron chi connectivity index (χ3n) is 5.74. The monoisotopic (exact) mass is 430 g/mol. The highest BCUT2D eigenvalue weighted by molar-refractivity contribution is 5.69. The molecule has 2 aliphatic rings. The first kappa shape index (κ1) is 20.3. The highest BCUT2D eigenvalue weighted by Crippen LogP contribution is 2.49. The lowest BCUT2D eigenvalue weighted by atomic mass is 10.00. The molecule has 1 N–H and O–H groups in total. The molecule has 0 aromatic heterocycles. The van der Waals surface area contributed by atoms with Gasteiger partial charge in [0.15, 0.2) is 17.7 Å². The molecule has 5 rings (SSSR count). The van der Waals surface area contributed by atoms with Crippen molar-refractivity contribution in [2.24, 2.45) is 0 Å². The molecule has 0 saturated heterocycles. The molecule has 0 saturated carbocycles. The van der Waals surface area contributed by atoms with Crippen molar-refractivity contribution in [1.29, 1.82) is 0 Å². The Hall–Kier alpha value is -3.64. The van der Waals surface area contributed by atoms with Crippen molar-refractivity contribution in [3.8, 4) is 23.0 Å². The first-order valence-electron chi connectivity index (χ1n) is 10.7. The Bertz CT molecular complexity index is 1160. The third-order valence-corrected chi connectivity index (χ3v) is 5.74. The van der Waals surface area contributed by atoms with E-state index in [1.165, 1.54) is 0 Å². The normalized spacial score (nSPS) is 19.2. The van der Waals surface area contributed by atoms with Gasteiger partial charge in [-0.1, -0.05) is 36.4 Å². The Labute approximate surface area is 187 Å². The van der Waals surface area contributed by atoms with Gasteiger partial charge in [-0.2, -0.15) is 5.01 Å². The molecule has 0 aliphatic carbocycles. The number of hydrogen-bond donors (Lipinski definition) is 1. The number of para-hydroxylation sites is 1. The van der Waals surface area contributed by atoms with Gasteiger partial charge >= 0.3 is 0 Å². The average molecular weight is 431 g/mol. The molecule has 2 atom stereocenters. The number of hydrogen-bond acceptors (Lipinski definition) is 6. The summed E-state index contributed by atoms with van der Waals surface area (Å²) in [4.78, 5) is 0. The zero-order chi connectivity index (χ0) is 22.1. The van der Waals surface area contributed by atoms with Crippen LogP contribution in [0.4, 0.5) is 0 Å². The minimum absolute atomic E-state index is 0.0310. The van der Waals surface area contributed by atoms with Crippen LogP contribution in [0.1, 0.15) is 35.9 Å². The summed E-state index contributed by atoms with van der Waals surface area (Å²) in [7, 11) is 3.35. The van der Waals surface area contributed by atoms with E-state index < -0.39 is 0 Å². The Morgan fingerprint density at radius 1 is 0.938 bits per heavy atom. The Balaban J connectivity index is 1.60. The number of ether oxygens (including phenoxy) is 4. The van der Waals surface area contributed by atoms with Gasteiger partial charge in [-0.25, -0.2) is 0 Å². The maximum absolute atomic E-state index is 6.57. The quantitative estimate of drug-likeness (QED) is 0.588. The molecule has 2 heterocycles. The van der Waals surface area contributed by atoms with E-state index in [2.05, 4.69) is 28.6 Å². The van der Waals surface area contributed by atoms with Crippen molar-refractivity contribution < 1.29 is 18.9 Å². The molecule has 6 nitrogen and oxygen atoms in total. The fourth-order valence-electron chi connectivity index (χ4n) is 4.23. The molecule has 0 spiro atoms. The van der Waals surface area contributed by atoms with Gasteiger partial charge in [-0.15, -0.1) is 0 Å². The summed E-state index contributed by atoms with van der Waals surface area (Å²) in [6.07, 6.45) is 1.85. The maximum atomic E-state index is 6.57. The number of nitrogens with one attached hydrogen (secondary N) is 1. The van der Waals surface area contributed by atoms with Gasteiger partial charge in [0.05, 0.1) is 32.6 Å². The summed E-state index contributed by atoms with van der Waals surface area (Å²) in [5.41, 5.74) is 7.66. The van der Waals surface area contributed by atoms with Crippen LogP contribution in [-0.4, -0.2) is 25.8 Å². The minimum Gasteiger partial charge on any atom is -0.497 e. The number of nitrogens with zero attached hydrogens (tertiary/aromatic N) is 1. The number of benzene rings is 3. The van der Waals surface area contributed by atoms with Crippen LogP contribution >= 0.6 is 0 Å². The number of hydrazine groups is 1. The largest absolute Gasteiger partial charge is 0.497 e. The fraction of sp³-hybridized carbons (Fsp3) is 0.231. The minimum atomic E-state index is -0.372. The van der Waals surface area contributed by atoms with Crippen LogP contribution in [0.2, 0.25) is 0 Å². The number of rotatable bonds is 6. The molecule has 0 radical (unpaired) electrons. The lowest BCUT2D eigenvalue weighted by Gasteiger charge is -2.39. The van der Waals surface area contributed by atoms with E-state index in [-0.39, 0.29) is 12.3 Å². The van der Waals surface area contributed by atoms with Gasteiger partial charge < -0.3 is 24.4 Å². The average Bonchev–Trinajstić information content (AvgIpc) is 3.30. The van der Waals surface area contributed by atoms with Crippen LogP contribution in [0.3, 0.4) is 0 Å². The summed E-state index contributed by atoms with van der Waals surface area (Å²) < 4.78 is 23.3. The Kier molecular flexibility index (Phi) is 5.37. The van der Waals surface area contributed by atoms with Gasteiger partial charge in [-0.05, 0) is 43.3 Å². The van der Waals surface area contributed by atoms with Gasteiger partial charge in [0.1, 0.15) is 11.5 Å². The second kappa shape index (κ2) is 8.48. The lowest BCUT2D eigenvalue weighted by molar-refractivity contribution is -0.0346. The van der Waals surface area contributed by atoms with E-state index in [9.17, 15) is 0 Å². The standard InChI is InChI=1S/C26H26N2O4/c1-4-31-24-13-7-12-21-23-16-22(17-8-5-10-19(14-17)29-2)27-28(23)26(32-25(21)24)18-9-6-11-20(15-18)30-3/h5-16,23,26-27H,4H2,1-3H3. The van der Waals surface area contributed by atoms with Crippen molar-refractivity contribution >= 4 is 5.70 Å². The maximum Gasteiger partial charge on any atom is 0.196 e. The summed E-state index contributed by atoms with van der Waals surface area (Å²) in [6, 6.07) is 22.0. The molecule has 3 aromatic carbocycles. The van der Waals surface area contributed by atoms with Crippen molar-refractivity contribution in [1.82, 2.24) is 10.4 Å². The van der Waals surface area contributed by atoms with E-state index in [4.69, 9.17) is 18.9 Å². The molecule has 0 amide bonds. The second-order valence-electron chi connectivity index (χ2n) is 7.63. The summed E-state index contributed by atoms with van der Waals surface area (Å²) >= 11 is 0. The van der Waals surface area contributed by atoms with Crippen LogP contribution in [-0.2, 0) is 0 Å². The molecule has 6 heteroatoms. The van der Waals surface area contributed by atoms with Gasteiger partial charge in [0.25, 0.3) is 0 Å². The summed E-state index contributed by atoms with van der Waals surface area (Å²) in [6.45, 7) is 2.55. The highest BCUT2D eigenvalue weighted by atomic mass is 16.5. The zero-order valence-electron chi connectivity index (χ0n) is 18.4. The summed E-state index contributed by atoms with van der Waals surface area (Å²) in [5.74, 6) is 3.12. The van der Waals surface area contributed by atoms with Crippen LogP contribution in [0.15, 0.2) is 72.8 Å². The van der Waals surface area contributed by atoms with E-state index in [0.29, 0.717) is 6.61 Å². The van der Waals surface area contributed by atoms with Crippen LogP contribution < -0.4 is 24.4 Å². The van der Waals surface area contributed by atoms with Gasteiger partial charge in [0, 0.05) is 16.7 Å². The predicted molar refractivity (Wildman–Crippen MR) is 123 cm³/mol. The van der Waals surface area contributed by atoms with E-state index in [1.54, 1.807) is 14.2 Å². The molecule has 2 aliphatic heterocycles. The molecular weight excluding hydrogens is 404 g/mol. The van der Waals surface area contributed by atoms with Crippen LogP contribution in [0.25, 0.3) is 5.70 Å². The van der Waals surface area contributed by atoms with Crippen molar-refractivity contribution in [3.05, 3.63) is 89.5 Å². The lowest BCUT2D eigenvalue weighted by Crippen LogP contribution is -2.43. The van der Waals surface area contributed by atoms with Crippen LogP contribution in [0, 0.1) is 0 Å². The predicted octanol–water partition coefficient (Wildman–Crippen LogP) is 5.10. The zero-order valence-corrected chi connectivity index (χ0v) is 18.4. The Morgan fingerprint density at radius 3 is 2.47 bits per heavy atom. The molecule has 0 bridgehead atoms. The van der Waals surface area contributed by atoms with Crippen molar-refractivity contribution in [2.75, 3.05) is 20.8 Å². The van der Waals surface area contributed by atoms with Gasteiger partial charge in [-0.3, -0.25) is 0 Å². The van der Waals surface area contributed by atoms with Crippen LogP contribution in [0.5, 0.6) is 23.0 Å². The highest BCUT2D eigenvalue weighted by Gasteiger charge is 2.41. The molecular formula is C26H26N2O4. The smallest absolute Gasteiger partial charge is 0.196 e. The molecule has 3 aromatic rings. The van der Waals surface area contributed by atoms with Gasteiger partial charge in [0.2, 0.25) is 0 Å². The molecule has 2 unspecified atom stereocenters. The molecule has 32 heavy (non-hydrogen) atoms. The number of fused-ring (bicyclic) bond motifs is 3. The Morgan fingerprint density at radius 2 is 1.69 bits per heavy atom. The topological polar surface area (TPSA) is 52.2 Å².